The molecule has 1 N–H and O–H groups in total. The van der Waals surface area contributed by atoms with Gasteiger partial charge in [0.25, 0.3) is 5.91 Å². The number of aryl methyl sites for hydroxylation is 1. The van der Waals surface area contributed by atoms with Gasteiger partial charge in [0, 0.05) is 5.02 Å². The summed E-state index contributed by atoms with van der Waals surface area (Å²) in [7, 11) is 0. The Morgan fingerprint density at radius 3 is 2.73 bits per heavy atom. The lowest BCUT2D eigenvalue weighted by Crippen LogP contribution is -2.39. The predicted octanol–water partition coefficient (Wildman–Crippen LogP) is 4.73. The van der Waals surface area contributed by atoms with Gasteiger partial charge in [0.2, 0.25) is 0 Å². The number of carbonyl (C=O) groups excluding carboxylic acids is 2. The molecular weight excluding hydrogens is 373 g/mol. The topological polar surface area (TPSA) is 55.4 Å². The minimum Gasteiger partial charge on any atom is -0.449 e. The maximum absolute atomic E-state index is 12.5. The molecule has 136 valence electrons. The van der Waals surface area contributed by atoms with Crippen LogP contribution in [0.5, 0.6) is 0 Å². The van der Waals surface area contributed by atoms with Gasteiger partial charge in [-0.15, -0.1) is 0 Å². The number of benzene rings is 2. The lowest BCUT2D eigenvalue weighted by Gasteiger charge is -2.27. The number of nitrogens with one attached hydrogen (secondary N) is 1. The fourth-order valence-electron chi connectivity index (χ4n) is 3.13. The SMILES string of the molecule is C[C@@H](OC(=O)c1ccc(Cl)cc1Cl)C(=O)N[C@H]1CCCc2ccccc21. The molecule has 2 aromatic rings. The molecule has 1 amide bonds. The van der Waals surface area contributed by atoms with Crippen molar-refractivity contribution in [3.05, 3.63) is 69.2 Å². The molecule has 1 aliphatic rings. The average molecular weight is 392 g/mol. The van der Waals surface area contributed by atoms with Crippen LogP contribution in [0, 0.1) is 0 Å². The van der Waals surface area contributed by atoms with Crippen LogP contribution in [0.15, 0.2) is 42.5 Å². The number of hydrogen-bond acceptors (Lipinski definition) is 3. The Morgan fingerprint density at radius 2 is 1.96 bits per heavy atom. The van der Waals surface area contributed by atoms with E-state index in [0.29, 0.717) is 5.02 Å². The zero-order valence-corrected chi connectivity index (χ0v) is 15.8. The Morgan fingerprint density at radius 1 is 1.19 bits per heavy atom. The lowest BCUT2D eigenvalue weighted by molar-refractivity contribution is -0.130. The molecule has 1 aliphatic carbocycles. The number of carbonyl (C=O) groups is 2. The molecule has 3 rings (SSSR count). The number of hydrogen-bond donors (Lipinski definition) is 1. The Hall–Kier alpha value is -2.04. The number of fused-ring (bicyclic) bond motifs is 1. The third-order valence-corrected chi connectivity index (χ3v) is 5.04. The predicted molar refractivity (Wildman–Crippen MR) is 102 cm³/mol. The van der Waals surface area contributed by atoms with E-state index in [2.05, 4.69) is 11.4 Å². The second kappa shape index (κ2) is 8.11. The zero-order valence-electron chi connectivity index (χ0n) is 14.3. The van der Waals surface area contributed by atoms with Crippen LogP contribution in [0.1, 0.15) is 47.3 Å². The fourth-order valence-corrected chi connectivity index (χ4v) is 3.61. The van der Waals surface area contributed by atoms with E-state index in [1.807, 2.05) is 18.2 Å². The lowest BCUT2D eigenvalue weighted by atomic mass is 9.87. The molecule has 2 aromatic carbocycles. The van der Waals surface area contributed by atoms with Gasteiger partial charge in [0.1, 0.15) is 0 Å². The molecule has 0 saturated carbocycles. The quantitative estimate of drug-likeness (QED) is 0.766. The maximum Gasteiger partial charge on any atom is 0.340 e. The number of halogens is 2. The van der Waals surface area contributed by atoms with Crippen molar-refractivity contribution in [2.45, 2.75) is 38.3 Å². The Balaban J connectivity index is 1.64. The molecule has 2 atom stereocenters. The minimum atomic E-state index is -0.927. The summed E-state index contributed by atoms with van der Waals surface area (Å²) in [6.45, 7) is 1.55. The number of esters is 1. The van der Waals surface area contributed by atoms with Crippen molar-refractivity contribution in [3.63, 3.8) is 0 Å². The highest BCUT2D eigenvalue weighted by Gasteiger charge is 2.26. The number of rotatable bonds is 4. The van der Waals surface area contributed by atoms with Crippen LogP contribution in [0.25, 0.3) is 0 Å². The molecule has 6 heteroatoms. The monoisotopic (exact) mass is 391 g/mol. The van der Waals surface area contributed by atoms with E-state index < -0.39 is 12.1 Å². The third-order valence-electron chi connectivity index (χ3n) is 4.49. The summed E-state index contributed by atoms with van der Waals surface area (Å²) < 4.78 is 5.27. The summed E-state index contributed by atoms with van der Waals surface area (Å²) in [5.74, 6) is -0.983. The third kappa shape index (κ3) is 4.19. The molecule has 0 spiro atoms. The first kappa shape index (κ1) is 18.7. The van der Waals surface area contributed by atoms with E-state index in [9.17, 15) is 9.59 Å². The van der Waals surface area contributed by atoms with Crippen molar-refractivity contribution in [1.82, 2.24) is 5.32 Å². The molecule has 0 saturated heterocycles. The largest absolute Gasteiger partial charge is 0.449 e. The first-order valence-corrected chi connectivity index (χ1v) is 9.25. The van der Waals surface area contributed by atoms with E-state index in [1.54, 1.807) is 13.0 Å². The van der Waals surface area contributed by atoms with Crippen molar-refractivity contribution < 1.29 is 14.3 Å². The highest BCUT2D eigenvalue weighted by atomic mass is 35.5. The molecule has 0 unspecified atom stereocenters. The van der Waals surface area contributed by atoms with Crippen LogP contribution in [0.3, 0.4) is 0 Å². The molecule has 0 heterocycles. The molecule has 0 aliphatic heterocycles. The van der Waals surface area contributed by atoms with Gasteiger partial charge >= 0.3 is 5.97 Å². The van der Waals surface area contributed by atoms with Crippen LogP contribution < -0.4 is 5.32 Å². The fraction of sp³-hybridized carbons (Fsp3) is 0.300. The zero-order chi connectivity index (χ0) is 18.7. The Kier molecular flexibility index (Phi) is 5.84. The van der Waals surface area contributed by atoms with Crippen molar-refractivity contribution >= 4 is 35.1 Å². The van der Waals surface area contributed by atoms with Crippen LogP contribution >= 0.6 is 23.2 Å². The molecule has 0 fully saturated rings. The van der Waals surface area contributed by atoms with Crippen LogP contribution in [0.2, 0.25) is 10.0 Å². The van der Waals surface area contributed by atoms with Crippen LogP contribution in [-0.2, 0) is 16.0 Å². The summed E-state index contributed by atoms with van der Waals surface area (Å²) in [5, 5.41) is 3.60. The maximum atomic E-state index is 12.5. The van der Waals surface area contributed by atoms with Gasteiger partial charge in [-0.25, -0.2) is 4.79 Å². The number of ether oxygens (including phenoxy) is 1. The van der Waals surface area contributed by atoms with E-state index in [1.165, 1.54) is 17.7 Å². The van der Waals surface area contributed by atoms with E-state index in [-0.39, 0.29) is 22.5 Å². The first-order chi connectivity index (χ1) is 12.5. The molecule has 0 aromatic heterocycles. The van der Waals surface area contributed by atoms with Crippen molar-refractivity contribution in [2.24, 2.45) is 0 Å². The van der Waals surface area contributed by atoms with E-state index in [0.717, 1.165) is 24.8 Å². The summed E-state index contributed by atoms with van der Waals surface area (Å²) in [5.41, 5.74) is 2.56. The second-order valence-corrected chi connectivity index (χ2v) is 7.17. The molecule has 4 nitrogen and oxygen atoms in total. The standard InChI is InChI=1S/C20H19Cl2NO3/c1-12(26-20(25)16-10-9-14(21)11-17(16)22)19(24)23-18-8-4-6-13-5-2-3-7-15(13)18/h2-3,5,7,9-12,18H,4,6,8H2,1H3,(H,23,24)/t12-,18+/m1/s1. The smallest absolute Gasteiger partial charge is 0.340 e. The molecule has 0 bridgehead atoms. The summed E-state index contributed by atoms with van der Waals surface area (Å²) in [6.07, 6.45) is 1.97. The van der Waals surface area contributed by atoms with Gasteiger partial charge in [0.05, 0.1) is 16.6 Å². The van der Waals surface area contributed by atoms with Crippen LogP contribution in [-0.4, -0.2) is 18.0 Å². The summed E-state index contributed by atoms with van der Waals surface area (Å²) >= 11 is 11.8. The van der Waals surface area contributed by atoms with Gasteiger partial charge in [-0.1, -0.05) is 47.5 Å². The normalized spacial score (nSPS) is 17.1. The first-order valence-electron chi connectivity index (χ1n) is 8.50. The van der Waals surface area contributed by atoms with Gasteiger partial charge in [-0.05, 0) is 55.5 Å². The average Bonchev–Trinajstić information content (AvgIpc) is 2.61. The van der Waals surface area contributed by atoms with Crippen molar-refractivity contribution in [3.8, 4) is 0 Å². The van der Waals surface area contributed by atoms with Crippen molar-refractivity contribution in [1.29, 1.82) is 0 Å². The molecule has 0 radical (unpaired) electrons. The van der Waals surface area contributed by atoms with Gasteiger partial charge < -0.3 is 10.1 Å². The van der Waals surface area contributed by atoms with E-state index >= 15 is 0 Å². The molecule has 26 heavy (non-hydrogen) atoms. The van der Waals surface area contributed by atoms with Gasteiger partial charge in [-0.3, -0.25) is 4.79 Å². The van der Waals surface area contributed by atoms with E-state index in [4.69, 9.17) is 27.9 Å². The van der Waals surface area contributed by atoms with Crippen LogP contribution in [0.4, 0.5) is 0 Å². The Bertz CT molecular complexity index is 838. The highest BCUT2D eigenvalue weighted by molar-refractivity contribution is 6.36. The highest BCUT2D eigenvalue weighted by Crippen LogP contribution is 2.29. The minimum absolute atomic E-state index is 0.0623. The summed E-state index contributed by atoms with van der Waals surface area (Å²) in [4.78, 5) is 24.7. The number of amides is 1. The van der Waals surface area contributed by atoms with Crippen molar-refractivity contribution in [2.75, 3.05) is 0 Å². The molecular formula is C20H19Cl2NO3. The second-order valence-electron chi connectivity index (χ2n) is 6.32. The van der Waals surface area contributed by atoms with Gasteiger partial charge in [0.15, 0.2) is 6.10 Å². The van der Waals surface area contributed by atoms with Gasteiger partial charge in [-0.2, -0.15) is 0 Å². The summed E-state index contributed by atoms with van der Waals surface area (Å²) in [6, 6.07) is 12.5. The Labute approximate surface area is 162 Å².